The van der Waals surface area contributed by atoms with Gasteiger partial charge in [0, 0.05) is 12.3 Å². The maximum Gasteiger partial charge on any atom is 0.326 e. The van der Waals surface area contributed by atoms with E-state index in [-0.39, 0.29) is 10.4 Å². The van der Waals surface area contributed by atoms with Crippen LogP contribution in [0.4, 0.5) is 4.79 Å². The lowest BCUT2D eigenvalue weighted by Crippen LogP contribution is -2.44. The molecular formula is C16H19NO4S2. The second-order valence-corrected chi connectivity index (χ2v) is 7.83. The summed E-state index contributed by atoms with van der Waals surface area (Å²) in [7, 11) is 0. The highest BCUT2D eigenvalue weighted by atomic mass is 32.2. The summed E-state index contributed by atoms with van der Waals surface area (Å²) in [4.78, 5) is 36.9. The van der Waals surface area contributed by atoms with Gasteiger partial charge in [-0.25, -0.2) is 4.79 Å². The molecule has 0 bridgehead atoms. The highest BCUT2D eigenvalue weighted by Gasteiger charge is 2.36. The maximum atomic E-state index is 12.4. The van der Waals surface area contributed by atoms with Crippen molar-refractivity contribution in [2.24, 2.45) is 0 Å². The zero-order valence-electron chi connectivity index (χ0n) is 12.8. The molecule has 1 N–H and O–H groups in total. The summed E-state index contributed by atoms with van der Waals surface area (Å²) in [6.45, 7) is 2.11. The van der Waals surface area contributed by atoms with Crippen molar-refractivity contribution in [1.82, 2.24) is 4.90 Å². The molecule has 1 fully saturated rings. The summed E-state index contributed by atoms with van der Waals surface area (Å²) < 4.78 is -0.124. The van der Waals surface area contributed by atoms with E-state index >= 15 is 0 Å². The van der Waals surface area contributed by atoms with Gasteiger partial charge in [0.05, 0.1) is 5.25 Å². The van der Waals surface area contributed by atoms with Crippen LogP contribution in [0.5, 0.6) is 0 Å². The number of carbonyl (C=O) groups is 3. The highest BCUT2D eigenvalue weighted by molar-refractivity contribution is 8.38. The molecule has 1 unspecified atom stereocenters. The normalized spacial score (nSPS) is 18.7. The number of carboxylic acids is 1. The number of benzene rings is 1. The standard InChI is InChI=1S/C16H19NO4S2/c1-11(14(18)17-9-5-8-13(17)15(19)20)23-16(21)22-10-12-6-3-2-4-7-12/h2-4,6-7,11,13H,5,8-10H2,1H3,(H,19,20)/t11?,13-/m0/s1. The van der Waals surface area contributed by atoms with Crippen molar-refractivity contribution in [3.05, 3.63) is 35.9 Å². The molecule has 1 aliphatic heterocycles. The Hall–Kier alpha value is -1.47. The average Bonchev–Trinajstić information content (AvgIpc) is 3.03. The van der Waals surface area contributed by atoms with Crippen LogP contribution in [0.25, 0.3) is 0 Å². The Kier molecular flexibility index (Phi) is 6.53. The molecule has 1 aromatic rings. The first-order valence-corrected chi connectivity index (χ1v) is 9.26. The lowest BCUT2D eigenvalue weighted by Gasteiger charge is -2.24. The third-order valence-corrected chi connectivity index (χ3v) is 5.74. The molecule has 2 rings (SSSR count). The SMILES string of the molecule is CC(SC(=O)SCc1ccccc1)C(=O)N1CCC[C@H]1C(=O)O. The number of carboxylic acid groups (broad SMARTS) is 1. The minimum atomic E-state index is -0.974. The molecule has 124 valence electrons. The van der Waals surface area contributed by atoms with Gasteiger partial charge in [0.25, 0.3) is 0 Å². The van der Waals surface area contributed by atoms with E-state index < -0.39 is 17.3 Å². The van der Waals surface area contributed by atoms with Crippen molar-refractivity contribution in [1.29, 1.82) is 0 Å². The number of hydrogen-bond acceptors (Lipinski definition) is 5. The number of aliphatic carboxylic acids is 1. The molecular weight excluding hydrogens is 334 g/mol. The molecule has 1 aromatic carbocycles. The van der Waals surface area contributed by atoms with Crippen LogP contribution < -0.4 is 0 Å². The van der Waals surface area contributed by atoms with Crippen LogP contribution in [0.3, 0.4) is 0 Å². The molecule has 1 saturated heterocycles. The minimum absolute atomic E-state index is 0.124. The molecule has 1 aliphatic rings. The van der Waals surface area contributed by atoms with Crippen molar-refractivity contribution < 1.29 is 19.5 Å². The van der Waals surface area contributed by atoms with Crippen LogP contribution in [0.2, 0.25) is 0 Å². The van der Waals surface area contributed by atoms with Gasteiger partial charge in [-0.1, -0.05) is 53.9 Å². The van der Waals surface area contributed by atoms with Gasteiger partial charge < -0.3 is 10.0 Å². The van der Waals surface area contributed by atoms with Gasteiger partial charge in [0.1, 0.15) is 6.04 Å². The average molecular weight is 353 g/mol. The second-order valence-electron chi connectivity index (χ2n) is 5.31. The van der Waals surface area contributed by atoms with Gasteiger partial charge >= 0.3 is 5.97 Å². The third-order valence-electron chi connectivity index (χ3n) is 3.64. The van der Waals surface area contributed by atoms with E-state index in [1.807, 2.05) is 30.3 Å². The molecule has 0 radical (unpaired) electrons. The number of likely N-dealkylation sites (tertiary alicyclic amines) is 1. The third kappa shape index (κ3) is 5.00. The van der Waals surface area contributed by atoms with Gasteiger partial charge in [-0.15, -0.1) is 0 Å². The minimum Gasteiger partial charge on any atom is -0.480 e. The summed E-state index contributed by atoms with van der Waals surface area (Å²) >= 11 is 2.13. The lowest BCUT2D eigenvalue weighted by molar-refractivity contribution is -0.147. The Labute approximate surface area is 143 Å². The Morgan fingerprint density at radius 1 is 1.30 bits per heavy atom. The van der Waals surface area contributed by atoms with E-state index in [0.29, 0.717) is 25.1 Å². The Morgan fingerprint density at radius 2 is 2.00 bits per heavy atom. The van der Waals surface area contributed by atoms with Crippen molar-refractivity contribution >= 4 is 39.8 Å². The number of amides is 1. The fourth-order valence-corrected chi connectivity index (χ4v) is 4.35. The first-order valence-electron chi connectivity index (χ1n) is 7.39. The quantitative estimate of drug-likeness (QED) is 0.876. The monoisotopic (exact) mass is 353 g/mol. The number of hydrogen-bond donors (Lipinski definition) is 1. The maximum absolute atomic E-state index is 12.4. The van der Waals surface area contributed by atoms with Crippen molar-refractivity contribution in [3.63, 3.8) is 0 Å². The molecule has 2 atom stereocenters. The van der Waals surface area contributed by atoms with Crippen LogP contribution in [-0.2, 0) is 15.3 Å². The first kappa shape index (κ1) is 17.9. The molecule has 0 aromatic heterocycles. The summed E-state index contributed by atoms with van der Waals surface area (Å²) in [6.07, 6.45) is 1.17. The fraction of sp³-hybridized carbons (Fsp3) is 0.438. The number of carbonyl (C=O) groups excluding carboxylic acids is 2. The van der Waals surface area contributed by atoms with Gasteiger partial charge in [-0.05, 0) is 25.3 Å². The highest BCUT2D eigenvalue weighted by Crippen LogP contribution is 2.27. The van der Waals surface area contributed by atoms with E-state index in [0.717, 1.165) is 29.1 Å². The van der Waals surface area contributed by atoms with Gasteiger partial charge in [-0.2, -0.15) is 0 Å². The largest absolute Gasteiger partial charge is 0.480 e. The summed E-state index contributed by atoms with van der Waals surface area (Å²) in [5, 5.41) is 8.57. The zero-order chi connectivity index (χ0) is 16.8. The predicted octanol–water partition coefficient (Wildman–Crippen LogP) is 3.24. The molecule has 1 amide bonds. The van der Waals surface area contributed by atoms with E-state index in [9.17, 15) is 14.4 Å². The topological polar surface area (TPSA) is 74.7 Å². The molecule has 23 heavy (non-hydrogen) atoms. The van der Waals surface area contributed by atoms with Crippen LogP contribution in [-0.4, -0.2) is 44.2 Å². The lowest BCUT2D eigenvalue weighted by atomic mass is 10.2. The smallest absolute Gasteiger partial charge is 0.326 e. The van der Waals surface area contributed by atoms with E-state index in [4.69, 9.17) is 5.11 Å². The number of rotatable bonds is 5. The van der Waals surface area contributed by atoms with E-state index in [1.54, 1.807) is 6.92 Å². The fourth-order valence-electron chi connectivity index (χ4n) is 2.47. The second kappa shape index (κ2) is 8.40. The van der Waals surface area contributed by atoms with Crippen LogP contribution in [0.1, 0.15) is 25.3 Å². The number of nitrogens with zero attached hydrogens (tertiary/aromatic N) is 1. The molecule has 1 heterocycles. The van der Waals surface area contributed by atoms with Gasteiger partial charge in [-0.3, -0.25) is 9.59 Å². The Morgan fingerprint density at radius 3 is 2.65 bits per heavy atom. The van der Waals surface area contributed by atoms with Crippen LogP contribution in [0.15, 0.2) is 30.3 Å². The van der Waals surface area contributed by atoms with Crippen molar-refractivity contribution in [2.75, 3.05) is 6.54 Å². The van der Waals surface area contributed by atoms with E-state index in [2.05, 4.69) is 0 Å². The van der Waals surface area contributed by atoms with Gasteiger partial charge in [0.2, 0.25) is 10.4 Å². The van der Waals surface area contributed by atoms with Gasteiger partial charge in [0.15, 0.2) is 0 Å². The predicted molar refractivity (Wildman–Crippen MR) is 92.6 cm³/mol. The van der Waals surface area contributed by atoms with Crippen molar-refractivity contribution in [3.8, 4) is 0 Å². The summed E-state index contributed by atoms with van der Waals surface area (Å²) in [6, 6.07) is 8.89. The molecule has 0 saturated carbocycles. The molecule has 7 heteroatoms. The number of thioether (sulfide) groups is 2. The Balaban J connectivity index is 1.83. The summed E-state index contributed by atoms with van der Waals surface area (Å²) in [5.74, 6) is -0.680. The summed E-state index contributed by atoms with van der Waals surface area (Å²) in [5.41, 5.74) is 1.05. The molecule has 5 nitrogen and oxygen atoms in total. The zero-order valence-corrected chi connectivity index (χ0v) is 14.4. The first-order chi connectivity index (χ1) is 11.0. The van der Waals surface area contributed by atoms with Crippen LogP contribution >= 0.6 is 23.5 Å². The molecule has 0 spiro atoms. The Bertz CT molecular complexity index is 579. The van der Waals surface area contributed by atoms with Crippen LogP contribution in [0, 0.1) is 0 Å². The van der Waals surface area contributed by atoms with Crippen molar-refractivity contribution in [2.45, 2.75) is 36.8 Å². The van der Waals surface area contributed by atoms with E-state index in [1.165, 1.54) is 4.90 Å². The molecule has 0 aliphatic carbocycles.